The predicted molar refractivity (Wildman–Crippen MR) is 37.9 cm³/mol. The summed E-state index contributed by atoms with van der Waals surface area (Å²) in [6.07, 6.45) is 2.32. The van der Waals surface area contributed by atoms with E-state index >= 15 is 0 Å². The van der Waals surface area contributed by atoms with Crippen LogP contribution in [0.1, 0.15) is 0 Å². The number of aliphatic hydroxyl groups is 1. The van der Waals surface area contributed by atoms with Gasteiger partial charge < -0.3 is 9.84 Å². The lowest BCUT2D eigenvalue weighted by molar-refractivity contribution is -0.136. The van der Waals surface area contributed by atoms with E-state index in [1.165, 1.54) is 0 Å². The summed E-state index contributed by atoms with van der Waals surface area (Å²) in [5.41, 5.74) is 0. The third-order valence-electron chi connectivity index (χ3n) is 0.805. The van der Waals surface area contributed by atoms with Gasteiger partial charge in [-0.2, -0.15) is 0 Å². The van der Waals surface area contributed by atoms with E-state index in [0.717, 1.165) is 12.2 Å². The number of aldehydes is 1. The monoisotopic (exact) mass is 156 g/mol. The number of ether oxygens (including phenoxy) is 1. The van der Waals surface area contributed by atoms with Gasteiger partial charge in [-0.15, -0.1) is 0 Å². The van der Waals surface area contributed by atoms with Crippen molar-refractivity contribution in [2.45, 2.75) is 0 Å². The fourth-order valence-electron chi connectivity index (χ4n) is 0.316. The second-order valence-electron chi connectivity index (χ2n) is 1.58. The van der Waals surface area contributed by atoms with E-state index < -0.39 is 11.7 Å². The Morgan fingerprint density at radius 1 is 1.64 bits per heavy atom. The summed E-state index contributed by atoms with van der Waals surface area (Å²) >= 11 is 0. The Kier molecular flexibility index (Phi) is 4.47. The van der Waals surface area contributed by atoms with Crippen LogP contribution in [0.4, 0.5) is 0 Å². The Balaban J connectivity index is 3.64. The van der Waals surface area contributed by atoms with Gasteiger partial charge in [0, 0.05) is 6.08 Å². The molecule has 0 radical (unpaired) electrons. The first kappa shape index (κ1) is 9.42. The molecule has 0 aromatic carbocycles. The van der Waals surface area contributed by atoms with Crippen molar-refractivity contribution in [3.8, 4) is 0 Å². The molecule has 0 heterocycles. The molecule has 4 heteroatoms. The topological polar surface area (TPSA) is 63.6 Å². The van der Waals surface area contributed by atoms with Crippen molar-refractivity contribution in [1.29, 1.82) is 0 Å². The SMILES string of the molecule is C=CC(=O)OCC=C(O)C=O. The van der Waals surface area contributed by atoms with Gasteiger partial charge >= 0.3 is 5.97 Å². The minimum Gasteiger partial charge on any atom is -0.505 e. The van der Waals surface area contributed by atoms with E-state index in [4.69, 9.17) is 5.11 Å². The zero-order chi connectivity index (χ0) is 8.69. The highest BCUT2D eigenvalue weighted by Crippen LogP contribution is 1.84. The van der Waals surface area contributed by atoms with E-state index in [9.17, 15) is 9.59 Å². The molecule has 0 unspecified atom stereocenters. The number of hydrogen-bond donors (Lipinski definition) is 1. The third kappa shape index (κ3) is 4.90. The third-order valence-corrected chi connectivity index (χ3v) is 0.805. The van der Waals surface area contributed by atoms with Gasteiger partial charge in [-0.25, -0.2) is 4.79 Å². The number of hydrogen-bond acceptors (Lipinski definition) is 4. The number of allylic oxidation sites excluding steroid dienone is 1. The molecule has 0 atom stereocenters. The van der Waals surface area contributed by atoms with Crippen molar-refractivity contribution in [3.05, 3.63) is 24.5 Å². The highest BCUT2D eigenvalue weighted by atomic mass is 16.5. The molecule has 0 aromatic heterocycles. The van der Waals surface area contributed by atoms with Crippen molar-refractivity contribution in [3.63, 3.8) is 0 Å². The molecule has 0 aromatic rings. The predicted octanol–water partition coefficient (Wildman–Crippen LogP) is 0.356. The fraction of sp³-hybridized carbons (Fsp3) is 0.143. The second-order valence-corrected chi connectivity index (χ2v) is 1.58. The maximum Gasteiger partial charge on any atom is 0.330 e. The lowest BCUT2D eigenvalue weighted by atomic mass is 10.5. The Hall–Kier alpha value is -1.58. The molecule has 60 valence electrons. The molecule has 11 heavy (non-hydrogen) atoms. The Labute approximate surface area is 63.8 Å². The van der Waals surface area contributed by atoms with Crippen LogP contribution in [0.5, 0.6) is 0 Å². The molecule has 1 N–H and O–H groups in total. The zero-order valence-corrected chi connectivity index (χ0v) is 5.82. The first-order valence-corrected chi connectivity index (χ1v) is 2.84. The molecule has 0 fully saturated rings. The van der Waals surface area contributed by atoms with Gasteiger partial charge in [-0.3, -0.25) is 4.79 Å². The summed E-state index contributed by atoms with van der Waals surface area (Å²) in [7, 11) is 0. The highest BCUT2D eigenvalue weighted by molar-refractivity contribution is 5.81. The maximum atomic E-state index is 10.3. The van der Waals surface area contributed by atoms with Crippen LogP contribution >= 0.6 is 0 Å². The summed E-state index contributed by atoms with van der Waals surface area (Å²) in [6, 6.07) is 0. The van der Waals surface area contributed by atoms with Crippen LogP contribution in [-0.2, 0) is 14.3 Å². The molecule has 0 bridgehead atoms. The Bertz CT molecular complexity index is 193. The molecule has 4 nitrogen and oxygen atoms in total. The lowest BCUT2D eigenvalue weighted by Gasteiger charge is -1.94. The van der Waals surface area contributed by atoms with E-state index in [1.807, 2.05) is 0 Å². The van der Waals surface area contributed by atoms with Crippen LogP contribution < -0.4 is 0 Å². The number of aliphatic hydroxyl groups excluding tert-OH is 1. The van der Waals surface area contributed by atoms with Gasteiger partial charge in [0.15, 0.2) is 12.0 Å². The molecule has 0 saturated heterocycles. The summed E-state index contributed by atoms with van der Waals surface area (Å²) in [5.74, 6) is -1.05. The average Bonchev–Trinajstić information content (AvgIpc) is 2.04. The van der Waals surface area contributed by atoms with E-state index in [-0.39, 0.29) is 12.9 Å². The Morgan fingerprint density at radius 2 is 2.27 bits per heavy atom. The number of rotatable bonds is 4. The summed E-state index contributed by atoms with van der Waals surface area (Å²) in [5, 5.41) is 8.52. The number of esters is 1. The molecule has 0 spiro atoms. The van der Waals surface area contributed by atoms with Crippen LogP contribution in [-0.4, -0.2) is 24.0 Å². The van der Waals surface area contributed by atoms with Gasteiger partial charge in [0.1, 0.15) is 6.61 Å². The minimum atomic E-state index is -0.597. The minimum absolute atomic E-state index is 0.130. The van der Waals surface area contributed by atoms with Gasteiger partial charge in [-0.05, 0) is 6.08 Å². The average molecular weight is 156 g/mol. The van der Waals surface area contributed by atoms with E-state index in [0.29, 0.717) is 0 Å². The molecular weight excluding hydrogens is 148 g/mol. The first-order valence-electron chi connectivity index (χ1n) is 2.84. The van der Waals surface area contributed by atoms with Gasteiger partial charge in [0.05, 0.1) is 0 Å². The van der Waals surface area contributed by atoms with Crippen molar-refractivity contribution >= 4 is 12.3 Å². The summed E-state index contributed by atoms with van der Waals surface area (Å²) < 4.78 is 4.41. The van der Waals surface area contributed by atoms with Crippen LogP contribution in [0.3, 0.4) is 0 Å². The van der Waals surface area contributed by atoms with Crippen LogP contribution in [0.15, 0.2) is 24.5 Å². The molecule has 0 rings (SSSR count). The quantitative estimate of drug-likeness (QED) is 0.276. The zero-order valence-electron chi connectivity index (χ0n) is 5.82. The van der Waals surface area contributed by atoms with Crippen molar-refractivity contribution in [1.82, 2.24) is 0 Å². The van der Waals surface area contributed by atoms with Gasteiger partial charge in [0.25, 0.3) is 0 Å². The largest absolute Gasteiger partial charge is 0.505 e. The first-order chi connectivity index (χ1) is 5.20. The molecule has 0 saturated carbocycles. The van der Waals surface area contributed by atoms with Gasteiger partial charge in [0.2, 0.25) is 0 Å². The number of carbonyl (C=O) groups is 2. The van der Waals surface area contributed by atoms with Crippen LogP contribution in [0.2, 0.25) is 0 Å². The fourth-order valence-corrected chi connectivity index (χ4v) is 0.316. The van der Waals surface area contributed by atoms with Crippen LogP contribution in [0.25, 0.3) is 0 Å². The summed E-state index contributed by atoms with van der Waals surface area (Å²) in [4.78, 5) is 20.1. The summed E-state index contributed by atoms with van der Waals surface area (Å²) in [6.45, 7) is 3.02. The van der Waals surface area contributed by atoms with Crippen LogP contribution in [0, 0.1) is 0 Å². The van der Waals surface area contributed by atoms with Gasteiger partial charge in [-0.1, -0.05) is 6.58 Å². The smallest absolute Gasteiger partial charge is 0.330 e. The molecule has 0 aliphatic carbocycles. The number of carbonyl (C=O) groups excluding carboxylic acids is 2. The van der Waals surface area contributed by atoms with Crippen molar-refractivity contribution in [2.75, 3.05) is 6.61 Å². The van der Waals surface area contributed by atoms with Crippen molar-refractivity contribution in [2.24, 2.45) is 0 Å². The lowest BCUT2D eigenvalue weighted by Crippen LogP contribution is -2.00. The standard InChI is InChI=1S/C7H8O4/c1-2-7(10)11-4-3-6(9)5-8/h2-3,5,9H,1,4H2. The maximum absolute atomic E-state index is 10.3. The highest BCUT2D eigenvalue weighted by Gasteiger charge is 1.92. The van der Waals surface area contributed by atoms with Crippen molar-refractivity contribution < 1.29 is 19.4 Å². The molecular formula is C7H8O4. The van der Waals surface area contributed by atoms with E-state index in [1.54, 1.807) is 0 Å². The normalized spacial score (nSPS) is 10.4. The molecule has 0 aliphatic heterocycles. The molecule has 0 aliphatic rings. The Morgan fingerprint density at radius 3 is 2.73 bits per heavy atom. The molecule has 0 amide bonds. The second kappa shape index (κ2) is 5.22. The van der Waals surface area contributed by atoms with E-state index in [2.05, 4.69) is 11.3 Å².